The smallest absolute Gasteiger partial charge is 0.0375 e. The van der Waals surface area contributed by atoms with Crippen molar-refractivity contribution in [3.05, 3.63) is 46.4 Å². The van der Waals surface area contributed by atoms with Gasteiger partial charge in [-0.15, -0.1) is 0 Å². The van der Waals surface area contributed by atoms with E-state index in [1.807, 2.05) is 0 Å². The van der Waals surface area contributed by atoms with Gasteiger partial charge in [0.15, 0.2) is 0 Å². The zero-order chi connectivity index (χ0) is 14.0. The summed E-state index contributed by atoms with van der Waals surface area (Å²) in [4.78, 5) is 0. The number of nitrogens with one attached hydrogen (secondary N) is 1. The predicted octanol–water partition coefficient (Wildman–Crippen LogP) is 5.30. The van der Waals surface area contributed by atoms with E-state index < -0.39 is 0 Å². The summed E-state index contributed by atoms with van der Waals surface area (Å²) in [5.41, 5.74) is 1.57. The first-order valence-corrected chi connectivity index (χ1v) is 7.65. The lowest BCUT2D eigenvalue weighted by Gasteiger charge is -2.33. The molecule has 1 unspecified atom stereocenters. The summed E-state index contributed by atoms with van der Waals surface area (Å²) >= 11 is 3.65. The molecule has 0 bridgehead atoms. The van der Waals surface area contributed by atoms with E-state index in [9.17, 15) is 0 Å². The SMILES string of the molecule is CCNC(c1ccc(Br)c2ccccc12)C(C)(C)C. The largest absolute Gasteiger partial charge is 0.310 e. The summed E-state index contributed by atoms with van der Waals surface area (Å²) in [6.07, 6.45) is 0. The molecule has 2 aromatic carbocycles. The van der Waals surface area contributed by atoms with Crippen LogP contribution in [0, 0.1) is 5.41 Å². The summed E-state index contributed by atoms with van der Waals surface area (Å²) in [6, 6.07) is 13.4. The van der Waals surface area contributed by atoms with Gasteiger partial charge in [0.2, 0.25) is 0 Å². The highest BCUT2D eigenvalue weighted by Crippen LogP contribution is 2.38. The second-order valence-electron chi connectivity index (χ2n) is 6.04. The maximum absolute atomic E-state index is 3.65. The van der Waals surface area contributed by atoms with Crippen LogP contribution in [-0.2, 0) is 0 Å². The van der Waals surface area contributed by atoms with Gasteiger partial charge in [-0.05, 0) is 34.4 Å². The van der Waals surface area contributed by atoms with Crippen molar-refractivity contribution < 1.29 is 0 Å². The summed E-state index contributed by atoms with van der Waals surface area (Å²) in [6.45, 7) is 10.0. The van der Waals surface area contributed by atoms with Crippen LogP contribution in [0.4, 0.5) is 0 Å². The van der Waals surface area contributed by atoms with Crippen molar-refractivity contribution in [2.24, 2.45) is 5.41 Å². The van der Waals surface area contributed by atoms with Gasteiger partial charge in [-0.2, -0.15) is 0 Å². The first-order valence-electron chi connectivity index (χ1n) is 6.85. The van der Waals surface area contributed by atoms with Gasteiger partial charge in [0.25, 0.3) is 0 Å². The van der Waals surface area contributed by atoms with Crippen LogP contribution < -0.4 is 5.32 Å². The van der Waals surface area contributed by atoms with Gasteiger partial charge in [0.05, 0.1) is 0 Å². The molecule has 0 saturated heterocycles. The monoisotopic (exact) mass is 319 g/mol. The maximum atomic E-state index is 3.65. The zero-order valence-electron chi connectivity index (χ0n) is 12.1. The Labute approximate surface area is 124 Å². The second kappa shape index (κ2) is 5.64. The Morgan fingerprint density at radius 2 is 1.68 bits per heavy atom. The Hall–Kier alpha value is -0.860. The third kappa shape index (κ3) is 3.01. The van der Waals surface area contributed by atoms with Crippen molar-refractivity contribution in [2.45, 2.75) is 33.7 Å². The third-order valence-electron chi connectivity index (χ3n) is 3.49. The van der Waals surface area contributed by atoms with E-state index in [2.05, 4.69) is 85.3 Å². The van der Waals surface area contributed by atoms with Crippen molar-refractivity contribution in [1.82, 2.24) is 5.32 Å². The average molecular weight is 320 g/mol. The Balaban J connectivity index is 2.64. The van der Waals surface area contributed by atoms with Crippen LogP contribution in [0.15, 0.2) is 40.9 Å². The van der Waals surface area contributed by atoms with E-state index in [-0.39, 0.29) is 5.41 Å². The minimum Gasteiger partial charge on any atom is -0.310 e. The third-order valence-corrected chi connectivity index (χ3v) is 4.18. The van der Waals surface area contributed by atoms with Crippen molar-refractivity contribution in [3.63, 3.8) is 0 Å². The summed E-state index contributed by atoms with van der Waals surface area (Å²) < 4.78 is 1.16. The molecule has 0 saturated carbocycles. The van der Waals surface area contributed by atoms with E-state index in [0.29, 0.717) is 6.04 Å². The minimum atomic E-state index is 0.187. The highest BCUT2D eigenvalue weighted by molar-refractivity contribution is 9.10. The van der Waals surface area contributed by atoms with Crippen molar-refractivity contribution in [1.29, 1.82) is 0 Å². The van der Waals surface area contributed by atoms with Gasteiger partial charge in [-0.3, -0.25) is 0 Å². The molecule has 1 nitrogen and oxygen atoms in total. The quantitative estimate of drug-likeness (QED) is 0.809. The van der Waals surface area contributed by atoms with Crippen LogP contribution >= 0.6 is 15.9 Å². The summed E-state index contributed by atoms with van der Waals surface area (Å²) in [5, 5.41) is 6.25. The second-order valence-corrected chi connectivity index (χ2v) is 6.89. The number of benzene rings is 2. The molecule has 0 spiro atoms. The average Bonchev–Trinajstić information content (AvgIpc) is 2.36. The Morgan fingerprint density at radius 3 is 2.26 bits per heavy atom. The van der Waals surface area contributed by atoms with Gasteiger partial charge in [-0.25, -0.2) is 0 Å². The van der Waals surface area contributed by atoms with Crippen LogP contribution in [0.25, 0.3) is 10.8 Å². The van der Waals surface area contributed by atoms with Gasteiger partial charge in [0.1, 0.15) is 0 Å². The van der Waals surface area contributed by atoms with Crippen molar-refractivity contribution >= 4 is 26.7 Å². The molecule has 2 aromatic rings. The molecule has 0 heterocycles. The van der Waals surface area contributed by atoms with Crippen LogP contribution in [0.1, 0.15) is 39.3 Å². The molecule has 0 aliphatic heterocycles. The molecule has 0 amide bonds. The molecule has 2 heteroatoms. The highest BCUT2D eigenvalue weighted by atomic mass is 79.9. The molecule has 1 N–H and O–H groups in total. The molecular weight excluding hydrogens is 298 g/mol. The van der Waals surface area contributed by atoms with E-state index >= 15 is 0 Å². The molecule has 102 valence electrons. The lowest BCUT2D eigenvalue weighted by molar-refractivity contribution is 0.278. The van der Waals surface area contributed by atoms with Gasteiger partial charge < -0.3 is 5.32 Å². The van der Waals surface area contributed by atoms with E-state index in [1.54, 1.807) is 0 Å². The molecule has 0 aromatic heterocycles. The number of halogens is 1. The van der Waals surface area contributed by atoms with Gasteiger partial charge in [0, 0.05) is 10.5 Å². The normalized spacial score (nSPS) is 13.7. The van der Waals surface area contributed by atoms with Crippen LogP contribution in [-0.4, -0.2) is 6.54 Å². The topological polar surface area (TPSA) is 12.0 Å². The number of rotatable bonds is 3. The Morgan fingerprint density at radius 1 is 1.05 bits per heavy atom. The molecule has 2 rings (SSSR count). The highest BCUT2D eigenvalue weighted by Gasteiger charge is 2.26. The molecule has 19 heavy (non-hydrogen) atoms. The van der Waals surface area contributed by atoms with Crippen LogP contribution in [0.3, 0.4) is 0 Å². The number of hydrogen-bond donors (Lipinski definition) is 1. The maximum Gasteiger partial charge on any atom is 0.0375 e. The predicted molar refractivity (Wildman–Crippen MR) is 87.5 cm³/mol. The molecule has 0 radical (unpaired) electrons. The zero-order valence-corrected chi connectivity index (χ0v) is 13.7. The Bertz CT molecular complexity index is 569. The molecule has 1 atom stereocenters. The molecule has 0 aliphatic carbocycles. The lowest BCUT2D eigenvalue weighted by Crippen LogP contribution is -2.32. The van der Waals surface area contributed by atoms with Crippen molar-refractivity contribution in [2.75, 3.05) is 6.54 Å². The van der Waals surface area contributed by atoms with E-state index in [4.69, 9.17) is 0 Å². The molecule has 0 aliphatic rings. The van der Waals surface area contributed by atoms with E-state index in [0.717, 1.165) is 11.0 Å². The van der Waals surface area contributed by atoms with Crippen molar-refractivity contribution in [3.8, 4) is 0 Å². The van der Waals surface area contributed by atoms with Gasteiger partial charge >= 0.3 is 0 Å². The summed E-state index contributed by atoms with van der Waals surface area (Å²) in [5.74, 6) is 0. The van der Waals surface area contributed by atoms with Gasteiger partial charge in [-0.1, -0.05) is 74.0 Å². The fourth-order valence-electron chi connectivity index (χ4n) is 2.62. The first-order chi connectivity index (χ1) is 8.95. The Kier molecular flexibility index (Phi) is 4.32. The standard InChI is InChI=1S/C17H22BrN/c1-5-19-16(17(2,3)4)14-10-11-15(18)13-9-7-6-8-12(13)14/h6-11,16,19H,5H2,1-4H3. The number of fused-ring (bicyclic) bond motifs is 1. The fourth-order valence-corrected chi connectivity index (χ4v) is 3.10. The molecular formula is C17H22BrN. The minimum absolute atomic E-state index is 0.187. The first kappa shape index (κ1) is 14.5. The van der Waals surface area contributed by atoms with Crippen LogP contribution in [0.5, 0.6) is 0 Å². The van der Waals surface area contributed by atoms with E-state index in [1.165, 1.54) is 16.3 Å². The molecule has 0 fully saturated rings. The van der Waals surface area contributed by atoms with Crippen LogP contribution in [0.2, 0.25) is 0 Å². The fraction of sp³-hybridized carbons (Fsp3) is 0.412. The lowest BCUT2D eigenvalue weighted by atomic mass is 9.80. The number of hydrogen-bond acceptors (Lipinski definition) is 1. The summed E-state index contributed by atoms with van der Waals surface area (Å²) in [7, 11) is 0.